The highest BCUT2D eigenvalue weighted by molar-refractivity contribution is 5.80. The molecular weight excluding hydrogens is 414 g/mol. The standard InChI is InChI=1S/C27H33N3O3/c1-19(31)17-25(22-9-8-21-12-16-33-26(21)18-22)30-15-14-29(27(30)32)13-4-6-23-11-10-20-5-2-3-7-24(20)28-23/h8-11,18,25H,2-7,12-17H2,1H3/t25-/m0/s1. The molecule has 0 spiro atoms. The first-order valence-corrected chi connectivity index (χ1v) is 12.4. The molecule has 174 valence electrons. The van der Waals surface area contributed by atoms with Crippen molar-refractivity contribution in [1.29, 1.82) is 0 Å². The number of pyridine rings is 1. The van der Waals surface area contributed by atoms with E-state index in [1.165, 1.54) is 29.7 Å². The number of Topliss-reactive ketones (excluding diaryl/α,β-unsaturated/α-hetero) is 1. The Hall–Kier alpha value is -2.89. The van der Waals surface area contributed by atoms with E-state index in [1.54, 1.807) is 6.92 Å². The number of ether oxygens (including phenoxy) is 1. The van der Waals surface area contributed by atoms with Crippen LogP contribution in [0.4, 0.5) is 4.79 Å². The van der Waals surface area contributed by atoms with Gasteiger partial charge >= 0.3 is 6.03 Å². The van der Waals surface area contributed by atoms with Crippen molar-refractivity contribution in [3.05, 3.63) is 58.4 Å². The van der Waals surface area contributed by atoms with Crippen LogP contribution in [-0.4, -0.2) is 52.8 Å². The molecule has 1 aromatic heterocycles. The molecule has 0 unspecified atom stereocenters. The number of urea groups is 1. The lowest BCUT2D eigenvalue weighted by Gasteiger charge is -2.28. The van der Waals surface area contributed by atoms with E-state index in [2.05, 4.69) is 24.3 Å². The fraction of sp³-hybridized carbons (Fsp3) is 0.519. The van der Waals surface area contributed by atoms with Crippen molar-refractivity contribution in [2.24, 2.45) is 0 Å². The molecule has 0 radical (unpaired) electrons. The summed E-state index contributed by atoms with van der Waals surface area (Å²) in [7, 11) is 0. The molecule has 5 rings (SSSR count). The smallest absolute Gasteiger partial charge is 0.320 e. The van der Waals surface area contributed by atoms with E-state index < -0.39 is 0 Å². The molecule has 0 saturated carbocycles. The van der Waals surface area contributed by atoms with Crippen LogP contribution in [-0.2, 0) is 30.5 Å². The number of nitrogens with zero attached hydrogens (tertiary/aromatic N) is 3. The quantitative estimate of drug-likeness (QED) is 0.606. The highest BCUT2D eigenvalue weighted by Crippen LogP contribution is 2.34. The summed E-state index contributed by atoms with van der Waals surface area (Å²) in [5.74, 6) is 0.980. The van der Waals surface area contributed by atoms with Crippen molar-refractivity contribution < 1.29 is 14.3 Å². The van der Waals surface area contributed by atoms with Gasteiger partial charge in [-0.15, -0.1) is 0 Å². The third kappa shape index (κ3) is 4.75. The summed E-state index contributed by atoms with van der Waals surface area (Å²) in [4.78, 5) is 34.0. The normalized spacial score (nSPS) is 18.2. The van der Waals surface area contributed by atoms with Crippen molar-refractivity contribution in [3.8, 4) is 5.75 Å². The Labute approximate surface area is 195 Å². The first-order valence-electron chi connectivity index (χ1n) is 12.4. The van der Waals surface area contributed by atoms with E-state index in [9.17, 15) is 9.59 Å². The average Bonchev–Trinajstić information content (AvgIpc) is 3.43. The molecule has 3 aliphatic rings. The first-order chi connectivity index (χ1) is 16.1. The van der Waals surface area contributed by atoms with Crippen molar-refractivity contribution in [2.75, 3.05) is 26.2 Å². The molecular formula is C27H33N3O3. The Morgan fingerprint density at radius 2 is 1.94 bits per heavy atom. The molecule has 1 aromatic carbocycles. The Bertz CT molecular complexity index is 1050. The van der Waals surface area contributed by atoms with E-state index in [0.29, 0.717) is 32.7 Å². The molecule has 1 atom stereocenters. The summed E-state index contributed by atoms with van der Waals surface area (Å²) in [6.07, 6.45) is 7.78. The number of aryl methyl sites for hydroxylation is 3. The van der Waals surface area contributed by atoms with Crippen molar-refractivity contribution in [3.63, 3.8) is 0 Å². The molecule has 0 bridgehead atoms. The SMILES string of the molecule is CC(=O)C[C@@H](c1ccc2c(c1)OCC2)N1CCN(CCCc2ccc3c(n2)CCCC3)C1=O. The highest BCUT2D eigenvalue weighted by Gasteiger charge is 2.35. The maximum Gasteiger partial charge on any atom is 0.320 e. The molecule has 2 aliphatic heterocycles. The zero-order chi connectivity index (χ0) is 22.8. The van der Waals surface area contributed by atoms with Gasteiger partial charge in [-0.25, -0.2) is 4.79 Å². The fourth-order valence-corrected chi connectivity index (χ4v) is 5.39. The van der Waals surface area contributed by atoms with Gasteiger partial charge < -0.3 is 14.5 Å². The van der Waals surface area contributed by atoms with Crippen molar-refractivity contribution in [2.45, 2.75) is 64.3 Å². The summed E-state index contributed by atoms with van der Waals surface area (Å²) in [5, 5.41) is 0. The minimum atomic E-state index is -0.239. The highest BCUT2D eigenvalue weighted by atomic mass is 16.5. The zero-order valence-electron chi connectivity index (χ0n) is 19.5. The number of hydrogen-bond acceptors (Lipinski definition) is 4. The molecule has 2 aromatic rings. The van der Waals surface area contributed by atoms with E-state index in [4.69, 9.17) is 9.72 Å². The summed E-state index contributed by atoms with van der Waals surface area (Å²) in [6, 6.07) is 10.3. The number of fused-ring (bicyclic) bond motifs is 2. The van der Waals surface area contributed by atoms with Crippen LogP contribution >= 0.6 is 0 Å². The van der Waals surface area contributed by atoms with Crippen LogP contribution in [0.3, 0.4) is 0 Å². The minimum absolute atomic E-state index is 0.0288. The van der Waals surface area contributed by atoms with Crippen LogP contribution < -0.4 is 4.74 Å². The molecule has 0 N–H and O–H groups in total. The van der Waals surface area contributed by atoms with Gasteiger partial charge in [-0.05, 0) is 74.3 Å². The van der Waals surface area contributed by atoms with E-state index in [0.717, 1.165) is 49.1 Å². The van der Waals surface area contributed by atoms with Gasteiger partial charge in [0, 0.05) is 43.9 Å². The Morgan fingerprint density at radius 3 is 2.82 bits per heavy atom. The maximum absolute atomic E-state index is 13.3. The predicted molar refractivity (Wildman–Crippen MR) is 127 cm³/mol. The van der Waals surface area contributed by atoms with Gasteiger partial charge in [-0.2, -0.15) is 0 Å². The Morgan fingerprint density at radius 1 is 1.09 bits per heavy atom. The van der Waals surface area contributed by atoms with Crippen LogP contribution in [0.15, 0.2) is 30.3 Å². The Kier molecular flexibility index (Phi) is 6.34. The summed E-state index contributed by atoms with van der Waals surface area (Å²) in [5.41, 5.74) is 5.99. The number of carbonyl (C=O) groups excluding carboxylic acids is 2. The predicted octanol–water partition coefficient (Wildman–Crippen LogP) is 4.29. The molecule has 2 amide bonds. The van der Waals surface area contributed by atoms with Crippen LogP contribution in [0.1, 0.15) is 66.7 Å². The summed E-state index contributed by atoms with van der Waals surface area (Å²) < 4.78 is 5.73. The lowest BCUT2D eigenvalue weighted by atomic mass is 9.95. The first kappa shape index (κ1) is 21.9. The second-order valence-corrected chi connectivity index (χ2v) is 9.57. The second-order valence-electron chi connectivity index (χ2n) is 9.57. The molecule has 1 fully saturated rings. The van der Waals surface area contributed by atoms with Gasteiger partial charge in [-0.1, -0.05) is 18.2 Å². The van der Waals surface area contributed by atoms with Crippen LogP contribution in [0, 0.1) is 0 Å². The lowest BCUT2D eigenvalue weighted by molar-refractivity contribution is -0.118. The van der Waals surface area contributed by atoms with E-state index in [-0.39, 0.29) is 17.9 Å². The molecule has 1 saturated heterocycles. The number of carbonyl (C=O) groups is 2. The number of amides is 2. The number of benzene rings is 1. The number of hydrogen-bond donors (Lipinski definition) is 0. The van der Waals surface area contributed by atoms with Gasteiger partial charge in [-0.3, -0.25) is 9.78 Å². The minimum Gasteiger partial charge on any atom is -0.493 e. The molecule has 6 nitrogen and oxygen atoms in total. The van der Waals surface area contributed by atoms with Gasteiger partial charge in [0.1, 0.15) is 11.5 Å². The van der Waals surface area contributed by atoms with Gasteiger partial charge in [0.25, 0.3) is 0 Å². The average molecular weight is 448 g/mol. The number of rotatable bonds is 8. The summed E-state index contributed by atoms with van der Waals surface area (Å²) in [6.45, 7) is 4.36. The molecule has 33 heavy (non-hydrogen) atoms. The van der Waals surface area contributed by atoms with Crippen LogP contribution in [0.25, 0.3) is 0 Å². The number of ketones is 1. The van der Waals surface area contributed by atoms with Gasteiger partial charge in [0.05, 0.1) is 12.6 Å². The van der Waals surface area contributed by atoms with Gasteiger partial charge in [0.15, 0.2) is 0 Å². The molecule has 6 heteroatoms. The maximum atomic E-state index is 13.3. The van der Waals surface area contributed by atoms with Crippen molar-refractivity contribution in [1.82, 2.24) is 14.8 Å². The summed E-state index contributed by atoms with van der Waals surface area (Å²) >= 11 is 0. The third-order valence-corrected chi connectivity index (χ3v) is 7.19. The van der Waals surface area contributed by atoms with Crippen molar-refractivity contribution >= 4 is 11.8 Å². The molecule has 1 aliphatic carbocycles. The lowest BCUT2D eigenvalue weighted by Crippen LogP contribution is -2.36. The third-order valence-electron chi connectivity index (χ3n) is 7.19. The van der Waals surface area contributed by atoms with E-state index >= 15 is 0 Å². The van der Waals surface area contributed by atoms with Crippen LogP contribution in [0.5, 0.6) is 5.75 Å². The van der Waals surface area contributed by atoms with E-state index in [1.807, 2.05) is 15.9 Å². The zero-order valence-corrected chi connectivity index (χ0v) is 19.5. The monoisotopic (exact) mass is 447 g/mol. The largest absolute Gasteiger partial charge is 0.493 e. The topological polar surface area (TPSA) is 62.7 Å². The van der Waals surface area contributed by atoms with Crippen LogP contribution in [0.2, 0.25) is 0 Å². The van der Waals surface area contributed by atoms with Gasteiger partial charge in [0.2, 0.25) is 0 Å². The number of aromatic nitrogens is 1. The Balaban J connectivity index is 1.22. The fourth-order valence-electron chi connectivity index (χ4n) is 5.39. The molecule has 3 heterocycles. The second kappa shape index (κ2) is 9.54.